The van der Waals surface area contributed by atoms with Crippen LogP contribution < -0.4 is 4.74 Å². The summed E-state index contributed by atoms with van der Waals surface area (Å²) in [4.78, 5) is 7.03. The van der Waals surface area contributed by atoms with Crippen LogP contribution in [0.1, 0.15) is 36.4 Å². The molecule has 2 aromatic carbocycles. The van der Waals surface area contributed by atoms with Gasteiger partial charge in [-0.25, -0.2) is 9.37 Å². The summed E-state index contributed by atoms with van der Waals surface area (Å²) in [6.45, 7) is 9.96. The molecule has 0 aliphatic carbocycles. The predicted molar refractivity (Wildman–Crippen MR) is 123 cm³/mol. The fourth-order valence-electron chi connectivity index (χ4n) is 3.81. The summed E-state index contributed by atoms with van der Waals surface area (Å²) in [6, 6.07) is 15.5. The first-order valence-electron chi connectivity index (χ1n) is 11.2. The highest BCUT2D eigenvalue weighted by molar-refractivity contribution is 5.54. The molecule has 1 fully saturated rings. The fraction of sp³-hybridized carbons (Fsp3) is 0.423. The standard InChI is InChI=1S/C26H31FN2O3/c1-19-24(28-25(32-19)21-7-9-22(10-8-21)26(2,3)27)11-14-31-23-6-4-5-20(17-23)18-29-12-15-30-16-13-29/h4-10,17H,11-16,18H2,1-3H3. The molecule has 1 aliphatic rings. The van der Waals surface area contributed by atoms with Gasteiger partial charge in [0.25, 0.3) is 0 Å². The number of hydrogen-bond donors (Lipinski definition) is 0. The molecule has 0 unspecified atom stereocenters. The van der Waals surface area contributed by atoms with Crippen LogP contribution in [0.2, 0.25) is 0 Å². The van der Waals surface area contributed by atoms with E-state index >= 15 is 0 Å². The van der Waals surface area contributed by atoms with Gasteiger partial charge in [-0.2, -0.15) is 0 Å². The number of benzene rings is 2. The summed E-state index contributed by atoms with van der Waals surface area (Å²) in [6.07, 6.45) is 0.651. The second-order valence-electron chi connectivity index (χ2n) is 8.71. The van der Waals surface area contributed by atoms with Crippen LogP contribution in [0.25, 0.3) is 11.5 Å². The normalized spacial score (nSPS) is 15.1. The van der Waals surface area contributed by atoms with Gasteiger partial charge in [0, 0.05) is 31.6 Å². The van der Waals surface area contributed by atoms with Crippen molar-refractivity contribution in [2.45, 2.75) is 39.4 Å². The second kappa shape index (κ2) is 9.84. The van der Waals surface area contributed by atoms with Crippen molar-refractivity contribution in [2.75, 3.05) is 32.9 Å². The fourth-order valence-corrected chi connectivity index (χ4v) is 3.81. The molecule has 6 heteroatoms. The molecule has 1 aliphatic heterocycles. The minimum atomic E-state index is -1.37. The van der Waals surface area contributed by atoms with Gasteiger partial charge in [0.2, 0.25) is 5.89 Å². The molecule has 0 radical (unpaired) electrons. The molecule has 170 valence electrons. The van der Waals surface area contributed by atoms with Gasteiger partial charge in [-0.15, -0.1) is 0 Å². The Morgan fingerprint density at radius 1 is 1.09 bits per heavy atom. The average Bonchev–Trinajstić information content (AvgIpc) is 3.15. The molecule has 4 rings (SSSR count). The summed E-state index contributed by atoms with van der Waals surface area (Å²) in [7, 11) is 0. The maximum absolute atomic E-state index is 14.1. The highest BCUT2D eigenvalue weighted by Gasteiger charge is 2.19. The SMILES string of the molecule is Cc1oc(-c2ccc(C(C)(C)F)cc2)nc1CCOc1cccc(CN2CCOCC2)c1. The zero-order valence-corrected chi connectivity index (χ0v) is 19.1. The van der Waals surface area contributed by atoms with Crippen LogP contribution in [0.3, 0.4) is 0 Å². The molecule has 0 N–H and O–H groups in total. The Kier molecular flexibility index (Phi) is 6.92. The highest BCUT2D eigenvalue weighted by Crippen LogP contribution is 2.28. The monoisotopic (exact) mass is 438 g/mol. The van der Waals surface area contributed by atoms with Gasteiger partial charge >= 0.3 is 0 Å². The van der Waals surface area contributed by atoms with E-state index in [1.165, 1.54) is 5.56 Å². The van der Waals surface area contributed by atoms with Gasteiger partial charge in [0.1, 0.15) is 17.2 Å². The van der Waals surface area contributed by atoms with Crippen molar-refractivity contribution in [3.8, 4) is 17.2 Å². The molecular formula is C26H31FN2O3. The number of oxazole rings is 1. The molecular weight excluding hydrogens is 407 g/mol. The van der Waals surface area contributed by atoms with Gasteiger partial charge in [-0.05, 0) is 56.2 Å². The van der Waals surface area contributed by atoms with E-state index in [2.05, 4.69) is 22.0 Å². The van der Waals surface area contributed by atoms with E-state index in [0.717, 1.165) is 55.6 Å². The van der Waals surface area contributed by atoms with Crippen LogP contribution >= 0.6 is 0 Å². The first kappa shape index (κ1) is 22.5. The number of morpholine rings is 1. The second-order valence-corrected chi connectivity index (χ2v) is 8.71. The molecule has 32 heavy (non-hydrogen) atoms. The Labute approximate surface area is 189 Å². The van der Waals surface area contributed by atoms with Gasteiger partial charge in [-0.1, -0.05) is 24.3 Å². The summed E-state index contributed by atoms with van der Waals surface area (Å²) >= 11 is 0. The number of alkyl halides is 1. The maximum atomic E-state index is 14.1. The van der Waals surface area contributed by atoms with E-state index in [1.807, 2.05) is 31.2 Å². The van der Waals surface area contributed by atoms with E-state index < -0.39 is 5.67 Å². The summed E-state index contributed by atoms with van der Waals surface area (Å²) in [5, 5.41) is 0. The first-order chi connectivity index (χ1) is 15.4. The Balaban J connectivity index is 1.34. The van der Waals surface area contributed by atoms with Gasteiger partial charge in [-0.3, -0.25) is 4.90 Å². The van der Waals surface area contributed by atoms with E-state index in [-0.39, 0.29) is 0 Å². The number of ether oxygens (including phenoxy) is 2. The number of hydrogen-bond acceptors (Lipinski definition) is 5. The van der Waals surface area contributed by atoms with Crippen LogP contribution in [0.4, 0.5) is 4.39 Å². The molecule has 0 spiro atoms. The Hall–Kier alpha value is -2.70. The van der Waals surface area contributed by atoms with Crippen molar-refractivity contribution < 1.29 is 18.3 Å². The van der Waals surface area contributed by atoms with E-state index in [9.17, 15) is 4.39 Å². The van der Waals surface area contributed by atoms with Gasteiger partial charge in [0.15, 0.2) is 0 Å². The van der Waals surface area contributed by atoms with Crippen molar-refractivity contribution in [3.05, 3.63) is 71.1 Å². The van der Waals surface area contributed by atoms with E-state index in [0.29, 0.717) is 24.5 Å². The summed E-state index contributed by atoms with van der Waals surface area (Å²) in [5.74, 6) is 2.19. The van der Waals surface area contributed by atoms with Crippen molar-refractivity contribution in [1.82, 2.24) is 9.88 Å². The lowest BCUT2D eigenvalue weighted by molar-refractivity contribution is 0.0341. The number of aryl methyl sites for hydroxylation is 1. The molecule has 0 atom stereocenters. The van der Waals surface area contributed by atoms with Crippen molar-refractivity contribution >= 4 is 0 Å². The molecule has 0 bridgehead atoms. The minimum Gasteiger partial charge on any atom is -0.493 e. The third-order valence-corrected chi connectivity index (χ3v) is 5.73. The van der Waals surface area contributed by atoms with Crippen molar-refractivity contribution in [3.63, 3.8) is 0 Å². The van der Waals surface area contributed by atoms with Crippen molar-refractivity contribution in [1.29, 1.82) is 0 Å². The summed E-state index contributed by atoms with van der Waals surface area (Å²) in [5.41, 5.74) is 2.22. The summed E-state index contributed by atoms with van der Waals surface area (Å²) < 4.78 is 31.4. The Morgan fingerprint density at radius 2 is 1.84 bits per heavy atom. The zero-order valence-electron chi connectivity index (χ0n) is 19.1. The van der Waals surface area contributed by atoms with Gasteiger partial charge < -0.3 is 13.9 Å². The molecule has 1 aromatic heterocycles. The lowest BCUT2D eigenvalue weighted by Gasteiger charge is -2.26. The molecule has 0 saturated carbocycles. The number of halogens is 1. The minimum absolute atomic E-state index is 0.517. The molecule has 2 heterocycles. The molecule has 0 amide bonds. The van der Waals surface area contributed by atoms with Gasteiger partial charge in [0.05, 0.1) is 25.5 Å². The molecule has 3 aromatic rings. The molecule has 1 saturated heterocycles. The van der Waals surface area contributed by atoms with Crippen LogP contribution in [0.5, 0.6) is 5.75 Å². The maximum Gasteiger partial charge on any atom is 0.226 e. The Morgan fingerprint density at radius 3 is 2.56 bits per heavy atom. The van der Waals surface area contributed by atoms with Crippen LogP contribution in [-0.2, 0) is 23.4 Å². The van der Waals surface area contributed by atoms with Crippen LogP contribution in [0, 0.1) is 6.92 Å². The molecule has 5 nitrogen and oxygen atoms in total. The highest BCUT2D eigenvalue weighted by atomic mass is 19.1. The number of aromatic nitrogens is 1. The number of nitrogens with zero attached hydrogens (tertiary/aromatic N) is 2. The predicted octanol–water partition coefficient (Wildman–Crippen LogP) is 5.31. The first-order valence-corrected chi connectivity index (χ1v) is 11.2. The lowest BCUT2D eigenvalue weighted by Crippen LogP contribution is -2.35. The van der Waals surface area contributed by atoms with Crippen LogP contribution in [0.15, 0.2) is 52.9 Å². The quantitative estimate of drug-likeness (QED) is 0.477. The largest absolute Gasteiger partial charge is 0.493 e. The van der Waals surface area contributed by atoms with Crippen molar-refractivity contribution in [2.24, 2.45) is 0 Å². The smallest absolute Gasteiger partial charge is 0.226 e. The topological polar surface area (TPSA) is 47.7 Å². The van der Waals surface area contributed by atoms with E-state index in [4.69, 9.17) is 13.9 Å². The van der Waals surface area contributed by atoms with Crippen LogP contribution in [-0.4, -0.2) is 42.8 Å². The average molecular weight is 439 g/mol. The zero-order chi connectivity index (χ0) is 22.6. The Bertz CT molecular complexity index is 1020. The number of rotatable bonds is 8. The van der Waals surface area contributed by atoms with E-state index in [1.54, 1.807) is 26.0 Å². The lowest BCUT2D eigenvalue weighted by atomic mass is 9.99. The third kappa shape index (κ3) is 5.75. The third-order valence-electron chi connectivity index (χ3n) is 5.73.